The van der Waals surface area contributed by atoms with E-state index >= 15 is 0 Å². The van der Waals surface area contributed by atoms with Gasteiger partial charge in [0.2, 0.25) is 0 Å². The molecule has 4 fully saturated rings. The summed E-state index contributed by atoms with van der Waals surface area (Å²) in [6.07, 6.45) is 4.47. The van der Waals surface area contributed by atoms with Crippen LogP contribution in [0.4, 0.5) is 0 Å². The molecule has 0 bridgehead atoms. The van der Waals surface area contributed by atoms with Gasteiger partial charge < -0.3 is 47.4 Å². The molecule has 4 rings (SSSR count). The molecular weight excluding hydrogens is 544 g/mol. The van der Waals surface area contributed by atoms with Crippen LogP contribution in [0.2, 0.25) is 0 Å². The van der Waals surface area contributed by atoms with Crippen LogP contribution in [0, 0.1) is 21.7 Å². The predicted octanol–water partition coefficient (Wildman–Crippen LogP) is 3.78. The minimum atomic E-state index is 0.255. The van der Waals surface area contributed by atoms with Crippen LogP contribution < -0.4 is 0 Å². The Labute approximate surface area is 254 Å². The van der Waals surface area contributed by atoms with E-state index in [1.54, 1.807) is 0 Å². The van der Waals surface area contributed by atoms with Gasteiger partial charge in [0.05, 0.1) is 132 Å². The molecule has 4 heterocycles. The number of hydrogen-bond donors (Lipinski definition) is 0. The molecule has 0 aromatic carbocycles. The zero-order valence-electron chi connectivity index (χ0n) is 27.1. The third-order valence-electron chi connectivity index (χ3n) is 9.39. The molecular formula is C32H60O10. The largest absolute Gasteiger partial charge is 0.380 e. The summed E-state index contributed by atoms with van der Waals surface area (Å²) in [7, 11) is 0. The van der Waals surface area contributed by atoms with E-state index in [1.165, 1.54) is 0 Å². The van der Waals surface area contributed by atoms with Crippen molar-refractivity contribution < 1.29 is 47.4 Å². The molecule has 248 valence electrons. The van der Waals surface area contributed by atoms with Gasteiger partial charge in [-0.3, -0.25) is 0 Å². The van der Waals surface area contributed by atoms with Crippen LogP contribution in [-0.2, 0) is 47.4 Å². The van der Waals surface area contributed by atoms with Gasteiger partial charge in [0.1, 0.15) is 0 Å². The third kappa shape index (κ3) is 11.5. The fourth-order valence-corrected chi connectivity index (χ4v) is 4.95. The zero-order valence-corrected chi connectivity index (χ0v) is 27.1. The summed E-state index contributed by atoms with van der Waals surface area (Å²) in [6.45, 7) is 23.6. The van der Waals surface area contributed by atoms with Crippen LogP contribution in [0.1, 0.15) is 53.4 Å². The Morgan fingerprint density at radius 1 is 0.333 bits per heavy atom. The van der Waals surface area contributed by atoms with Gasteiger partial charge in [-0.05, 0) is 25.7 Å². The van der Waals surface area contributed by atoms with Crippen LogP contribution in [0.25, 0.3) is 0 Å². The van der Waals surface area contributed by atoms with Gasteiger partial charge in [-0.25, -0.2) is 0 Å². The van der Waals surface area contributed by atoms with Gasteiger partial charge in [-0.2, -0.15) is 0 Å². The van der Waals surface area contributed by atoms with Crippen molar-refractivity contribution in [2.75, 3.05) is 132 Å². The van der Waals surface area contributed by atoms with Gasteiger partial charge in [0.15, 0.2) is 0 Å². The highest BCUT2D eigenvalue weighted by atomic mass is 16.6. The monoisotopic (exact) mass is 604 g/mol. The van der Waals surface area contributed by atoms with Crippen molar-refractivity contribution in [3.05, 3.63) is 0 Å². The lowest BCUT2D eigenvalue weighted by atomic mass is 9.84. The molecule has 4 saturated heterocycles. The van der Waals surface area contributed by atoms with Crippen molar-refractivity contribution in [3.8, 4) is 0 Å². The predicted molar refractivity (Wildman–Crippen MR) is 159 cm³/mol. The summed E-state index contributed by atoms with van der Waals surface area (Å²) in [5.41, 5.74) is 1.08. The summed E-state index contributed by atoms with van der Waals surface area (Å²) in [5, 5.41) is 0. The maximum Gasteiger partial charge on any atom is 0.0701 e. The molecule has 0 spiro atoms. The molecule has 0 atom stereocenters. The third-order valence-corrected chi connectivity index (χ3v) is 9.39. The Bertz CT molecular complexity index is 609. The summed E-state index contributed by atoms with van der Waals surface area (Å²) in [4.78, 5) is 0. The molecule has 0 saturated carbocycles. The fourth-order valence-electron chi connectivity index (χ4n) is 4.95. The lowest BCUT2D eigenvalue weighted by Gasteiger charge is -2.41. The van der Waals surface area contributed by atoms with Gasteiger partial charge in [0.25, 0.3) is 0 Å². The van der Waals surface area contributed by atoms with Gasteiger partial charge in [-0.15, -0.1) is 0 Å². The topological polar surface area (TPSA) is 92.3 Å². The molecule has 0 amide bonds. The van der Waals surface area contributed by atoms with Gasteiger partial charge in [-0.1, -0.05) is 27.7 Å². The summed E-state index contributed by atoms with van der Waals surface area (Å²) >= 11 is 0. The van der Waals surface area contributed by atoms with E-state index in [9.17, 15) is 0 Å². The standard InChI is InChI=1S/C18H34O6.C14H26O4/c1-3-17(13-23-14-17)11-21-9-7-19-5-6-20-8-10-22-12-18(4-2)15-24-16-18;1-3-13(9-17-10-13)7-15-5-6-16-8-14(4-2)11-18-12-14/h3-16H2,1-2H3;3-12H2,1-2H3. The number of rotatable bonds is 24. The quantitative estimate of drug-likeness (QED) is 0.152. The first kappa shape index (κ1) is 36.1. The van der Waals surface area contributed by atoms with Crippen molar-refractivity contribution in [2.24, 2.45) is 21.7 Å². The Kier molecular flexibility index (Phi) is 16.5. The van der Waals surface area contributed by atoms with Crippen LogP contribution in [0.5, 0.6) is 0 Å². The second kappa shape index (κ2) is 19.2. The zero-order chi connectivity index (χ0) is 30.0. The first-order chi connectivity index (χ1) is 20.5. The highest BCUT2D eigenvalue weighted by Gasteiger charge is 2.39. The van der Waals surface area contributed by atoms with E-state index in [0.717, 1.165) is 105 Å². The minimum absolute atomic E-state index is 0.255. The fraction of sp³-hybridized carbons (Fsp3) is 1.00. The van der Waals surface area contributed by atoms with Crippen LogP contribution >= 0.6 is 0 Å². The Morgan fingerprint density at radius 2 is 0.524 bits per heavy atom. The van der Waals surface area contributed by atoms with E-state index in [-0.39, 0.29) is 21.7 Å². The van der Waals surface area contributed by atoms with Crippen molar-refractivity contribution in [1.82, 2.24) is 0 Å². The first-order valence-corrected chi connectivity index (χ1v) is 16.3. The van der Waals surface area contributed by atoms with Crippen molar-refractivity contribution in [1.29, 1.82) is 0 Å². The normalized spacial score (nSPS) is 22.6. The molecule has 4 aliphatic heterocycles. The Balaban J connectivity index is 0.000000240. The molecule has 0 unspecified atom stereocenters. The summed E-state index contributed by atoms with van der Waals surface area (Å²) in [5.74, 6) is 0. The lowest BCUT2D eigenvalue weighted by Crippen LogP contribution is -2.46. The Hall–Kier alpha value is -0.400. The molecule has 0 N–H and O–H groups in total. The van der Waals surface area contributed by atoms with Crippen molar-refractivity contribution >= 4 is 0 Å². The molecule has 0 aromatic heterocycles. The molecule has 0 radical (unpaired) electrons. The molecule has 10 heteroatoms. The van der Waals surface area contributed by atoms with Crippen molar-refractivity contribution in [2.45, 2.75) is 53.4 Å². The summed E-state index contributed by atoms with van der Waals surface area (Å²) in [6, 6.07) is 0. The Morgan fingerprint density at radius 3 is 0.667 bits per heavy atom. The summed E-state index contributed by atoms with van der Waals surface area (Å²) < 4.78 is 54.8. The van der Waals surface area contributed by atoms with E-state index in [2.05, 4.69) is 27.7 Å². The van der Waals surface area contributed by atoms with E-state index in [0.29, 0.717) is 52.9 Å². The first-order valence-electron chi connectivity index (χ1n) is 16.3. The molecule has 10 nitrogen and oxygen atoms in total. The van der Waals surface area contributed by atoms with Gasteiger partial charge >= 0.3 is 0 Å². The second-order valence-corrected chi connectivity index (χ2v) is 12.8. The molecule has 0 aromatic rings. The van der Waals surface area contributed by atoms with E-state index in [1.807, 2.05) is 0 Å². The highest BCUT2D eigenvalue weighted by molar-refractivity contribution is 4.86. The molecule has 42 heavy (non-hydrogen) atoms. The smallest absolute Gasteiger partial charge is 0.0701 e. The average Bonchev–Trinajstić information content (AvgIpc) is 2.92. The van der Waals surface area contributed by atoms with E-state index < -0.39 is 0 Å². The van der Waals surface area contributed by atoms with Crippen LogP contribution in [0.15, 0.2) is 0 Å². The minimum Gasteiger partial charge on any atom is -0.380 e. The maximum atomic E-state index is 5.70. The lowest BCUT2D eigenvalue weighted by molar-refractivity contribution is -0.164. The van der Waals surface area contributed by atoms with Crippen LogP contribution in [-0.4, -0.2) is 132 Å². The molecule has 0 aliphatic carbocycles. The van der Waals surface area contributed by atoms with Crippen molar-refractivity contribution in [3.63, 3.8) is 0 Å². The maximum absolute atomic E-state index is 5.70. The molecule has 4 aliphatic rings. The van der Waals surface area contributed by atoms with E-state index in [4.69, 9.17) is 47.4 Å². The average molecular weight is 605 g/mol. The second-order valence-electron chi connectivity index (χ2n) is 12.8. The number of hydrogen-bond acceptors (Lipinski definition) is 10. The highest BCUT2D eigenvalue weighted by Crippen LogP contribution is 2.33. The van der Waals surface area contributed by atoms with Crippen LogP contribution in [0.3, 0.4) is 0 Å². The SMILES string of the molecule is CCC1(COCCOCC2(CC)COC2)COC1.CCC1(COCCOCCOCCOCC2(CC)COC2)COC1. The van der Waals surface area contributed by atoms with Gasteiger partial charge in [0, 0.05) is 21.7 Å². The number of ether oxygens (including phenoxy) is 10.